The summed E-state index contributed by atoms with van der Waals surface area (Å²) in [6, 6.07) is 11.8. The van der Waals surface area contributed by atoms with Crippen LogP contribution in [0, 0.1) is 0 Å². The van der Waals surface area contributed by atoms with Crippen molar-refractivity contribution in [3.63, 3.8) is 0 Å². The molecule has 5 heteroatoms. The van der Waals surface area contributed by atoms with Crippen molar-refractivity contribution in [3.05, 3.63) is 47.5 Å². The van der Waals surface area contributed by atoms with Crippen molar-refractivity contribution < 1.29 is 14.2 Å². The Labute approximate surface area is 129 Å². The van der Waals surface area contributed by atoms with Crippen LogP contribution < -0.4 is 25.7 Å². The first kappa shape index (κ1) is 14.7. The summed E-state index contributed by atoms with van der Waals surface area (Å²) in [6.07, 6.45) is 0.832. The van der Waals surface area contributed by atoms with E-state index in [4.69, 9.17) is 25.7 Å². The van der Waals surface area contributed by atoms with Gasteiger partial charge < -0.3 is 25.7 Å². The second kappa shape index (κ2) is 6.68. The molecule has 1 aliphatic rings. The van der Waals surface area contributed by atoms with E-state index in [2.05, 4.69) is 0 Å². The lowest BCUT2D eigenvalue weighted by Crippen LogP contribution is -2.11. The van der Waals surface area contributed by atoms with E-state index in [0.29, 0.717) is 26.3 Å². The van der Waals surface area contributed by atoms with E-state index < -0.39 is 0 Å². The summed E-state index contributed by atoms with van der Waals surface area (Å²) in [5.41, 5.74) is 13.2. The van der Waals surface area contributed by atoms with Gasteiger partial charge in [-0.1, -0.05) is 12.1 Å². The van der Waals surface area contributed by atoms with Gasteiger partial charge in [0.25, 0.3) is 0 Å². The summed E-state index contributed by atoms with van der Waals surface area (Å²) >= 11 is 0. The first-order chi connectivity index (χ1) is 10.8. The van der Waals surface area contributed by atoms with Gasteiger partial charge in [0.05, 0.1) is 0 Å². The molecule has 0 amide bonds. The number of fused-ring (bicyclic) bond motifs is 2. The van der Waals surface area contributed by atoms with Crippen molar-refractivity contribution in [1.82, 2.24) is 0 Å². The third-order valence-electron chi connectivity index (χ3n) is 3.45. The molecule has 0 aromatic heterocycles. The van der Waals surface area contributed by atoms with Crippen LogP contribution in [-0.4, -0.2) is 26.3 Å². The zero-order chi connectivity index (χ0) is 15.4. The molecule has 0 atom stereocenters. The second-order valence-corrected chi connectivity index (χ2v) is 5.09. The molecular weight excluding hydrogens is 280 g/mol. The highest BCUT2D eigenvalue weighted by Gasteiger charge is 2.18. The van der Waals surface area contributed by atoms with Crippen LogP contribution in [0.5, 0.6) is 23.0 Å². The third kappa shape index (κ3) is 3.16. The van der Waals surface area contributed by atoms with E-state index in [-0.39, 0.29) is 0 Å². The highest BCUT2D eigenvalue weighted by molar-refractivity contribution is 5.53. The Balaban J connectivity index is 1.80. The van der Waals surface area contributed by atoms with Gasteiger partial charge in [-0.3, -0.25) is 0 Å². The molecule has 2 aromatic carbocycles. The molecule has 0 spiro atoms. The Hall–Kier alpha value is -2.24. The summed E-state index contributed by atoms with van der Waals surface area (Å²) in [6.45, 7) is 1.96. The Kier molecular flexibility index (Phi) is 4.46. The molecule has 1 aliphatic heterocycles. The van der Waals surface area contributed by atoms with Crippen LogP contribution in [0.3, 0.4) is 0 Å². The number of hydrogen-bond donors (Lipinski definition) is 2. The van der Waals surface area contributed by atoms with E-state index in [9.17, 15) is 0 Å². The van der Waals surface area contributed by atoms with Crippen molar-refractivity contribution in [2.24, 2.45) is 11.5 Å². The molecular formula is C17H20N2O3. The van der Waals surface area contributed by atoms with Crippen LogP contribution in [0.25, 0.3) is 0 Å². The molecule has 116 valence electrons. The lowest BCUT2D eigenvalue weighted by atomic mass is 10.00. The number of rotatable bonds is 6. The molecule has 0 aliphatic carbocycles. The molecule has 0 saturated heterocycles. The van der Waals surface area contributed by atoms with Gasteiger partial charge in [0.1, 0.15) is 36.2 Å². The maximum atomic E-state index is 6.00. The van der Waals surface area contributed by atoms with Crippen molar-refractivity contribution in [2.75, 3.05) is 26.3 Å². The Morgan fingerprint density at radius 2 is 1.32 bits per heavy atom. The van der Waals surface area contributed by atoms with Gasteiger partial charge in [-0.25, -0.2) is 0 Å². The van der Waals surface area contributed by atoms with Crippen LogP contribution in [0.4, 0.5) is 0 Å². The smallest absolute Gasteiger partial charge is 0.134 e. The molecule has 22 heavy (non-hydrogen) atoms. The van der Waals surface area contributed by atoms with Gasteiger partial charge in [-0.05, 0) is 23.3 Å². The average molecular weight is 300 g/mol. The Morgan fingerprint density at radius 3 is 1.77 bits per heavy atom. The largest absolute Gasteiger partial charge is 0.492 e. The number of ether oxygens (including phenoxy) is 3. The van der Waals surface area contributed by atoms with Crippen molar-refractivity contribution >= 4 is 0 Å². The van der Waals surface area contributed by atoms with Crippen LogP contribution >= 0.6 is 0 Å². The Bertz CT molecular complexity index is 603. The molecule has 0 saturated carbocycles. The molecule has 0 radical (unpaired) electrons. The van der Waals surface area contributed by atoms with E-state index in [0.717, 1.165) is 40.5 Å². The summed E-state index contributed by atoms with van der Waals surface area (Å²) in [5, 5.41) is 0. The van der Waals surface area contributed by atoms with Gasteiger partial charge in [-0.2, -0.15) is 0 Å². The van der Waals surface area contributed by atoms with Gasteiger partial charge in [0.2, 0.25) is 0 Å². The predicted molar refractivity (Wildman–Crippen MR) is 84.9 cm³/mol. The first-order valence-electron chi connectivity index (χ1n) is 7.39. The van der Waals surface area contributed by atoms with Gasteiger partial charge in [0.15, 0.2) is 0 Å². The standard InChI is InChI=1S/C17H20N2O3/c18-5-7-20-14-3-1-12-9-13-2-4-15(21-8-6-19)11-17(13)22-16(12)10-14/h1-4,10-11H,5-9,18-19H2. The first-order valence-corrected chi connectivity index (χ1v) is 7.39. The molecule has 1 heterocycles. The highest BCUT2D eigenvalue weighted by Crippen LogP contribution is 2.39. The van der Waals surface area contributed by atoms with Crippen LogP contribution in [0.1, 0.15) is 11.1 Å². The van der Waals surface area contributed by atoms with E-state index in [1.54, 1.807) is 0 Å². The normalized spacial score (nSPS) is 12.1. The zero-order valence-corrected chi connectivity index (χ0v) is 12.4. The quantitative estimate of drug-likeness (QED) is 0.728. The summed E-state index contributed by atoms with van der Waals surface area (Å²) in [5.74, 6) is 3.17. The maximum Gasteiger partial charge on any atom is 0.134 e. The second-order valence-electron chi connectivity index (χ2n) is 5.09. The minimum absolute atomic E-state index is 0.489. The fraction of sp³-hybridized carbons (Fsp3) is 0.294. The van der Waals surface area contributed by atoms with Crippen molar-refractivity contribution in [3.8, 4) is 23.0 Å². The van der Waals surface area contributed by atoms with Gasteiger partial charge in [0, 0.05) is 31.6 Å². The van der Waals surface area contributed by atoms with Crippen LogP contribution in [-0.2, 0) is 6.42 Å². The van der Waals surface area contributed by atoms with E-state index in [1.165, 1.54) is 0 Å². The number of benzene rings is 2. The van der Waals surface area contributed by atoms with E-state index in [1.807, 2.05) is 36.4 Å². The highest BCUT2D eigenvalue weighted by atomic mass is 16.5. The number of hydrogen-bond acceptors (Lipinski definition) is 5. The lowest BCUT2D eigenvalue weighted by Gasteiger charge is -2.21. The van der Waals surface area contributed by atoms with Gasteiger partial charge in [-0.15, -0.1) is 0 Å². The fourth-order valence-corrected chi connectivity index (χ4v) is 2.41. The van der Waals surface area contributed by atoms with Crippen molar-refractivity contribution in [2.45, 2.75) is 6.42 Å². The Morgan fingerprint density at radius 1 is 0.818 bits per heavy atom. The average Bonchev–Trinajstić information content (AvgIpc) is 2.56. The van der Waals surface area contributed by atoms with Crippen molar-refractivity contribution in [1.29, 1.82) is 0 Å². The molecule has 2 aromatic rings. The molecule has 4 N–H and O–H groups in total. The summed E-state index contributed by atoms with van der Waals surface area (Å²) in [4.78, 5) is 0. The topological polar surface area (TPSA) is 79.7 Å². The van der Waals surface area contributed by atoms with E-state index >= 15 is 0 Å². The molecule has 0 unspecified atom stereocenters. The molecule has 0 fully saturated rings. The summed E-state index contributed by atoms with van der Waals surface area (Å²) < 4.78 is 17.1. The predicted octanol–water partition coefficient (Wildman–Crippen LogP) is 2.06. The molecule has 0 bridgehead atoms. The molecule has 5 nitrogen and oxygen atoms in total. The van der Waals surface area contributed by atoms with Crippen LogP contribution in [0.15, 0.2) is 36.4 Å². The minimum Gasteiger partial charge on any atom is -0.492 e. The monoisotopic (exact) mass is 300 g/mol. The maximum absolute atomic E-state index is 6.00. The molecule has 3 rings (SSSR count). The lowest BCUT2D eigenvalue weighted by molar-refractivity contribution is 0.323. The number of nitrogens with two attached hydrogens (primary N) is 2. The fourth-order valence-electron chi connectivity index (χ4n) is 2.41. The summed E-state index contributed by atoms with van der Waals surface area (Å²) in [7, 11) is 0. The minimum atomic E-state index is 0.489. The zero-order valence-electron chi connectivity index (χ0n) is 12.4. The van der Waals surface area contributed by atoms with Gasteiger partial charge >= 0.3 is 0 Å². The third-order valence-corrected chi connectivity index (χ3v) is 3.45. The SMILES string of the molecule is NCCOc1ccc2c(c1)Oc1cc(OCCN)ccc1C2. The van der Waals surface area contributed by atoms with Crippen LogP contribution in [0.2, 0.25) is 0 Å².